The van der Waals surface area contributed by atoms with Gasteiger partial charge in [0.25, 0.3) is 5.91 Å². The molecule has 2 aromatic rings. The maximum Gasteiger partial charge on any atom is 0.264 e. The van der Waals surface area contributed by atoms with Crippen molar-refractivity contribution in [2.45, 2.75) is 75.3 Å². The first-order valence-corrected chi connectivity index (χ1v) is 21.5. The van der Waals surface area contributed by atoms with Gasteiger partial charge in [0.2, 0.25) is 10.0 Å². The summed E-state index contributed by atoms with van der Waals surface area (Å²) in [4.78, 5) is 21.2. The van der Waals surface area contributed by atoms with Crippen molar-refractivity contribution < 1.29 is 27.4 Å². The Bertz CT molecular complexity index is 1760. The molecule has 1 unspecified atom stereocenters. The zero-order chi connectivity index (χ0) is 36.1. The van der Waals surface area contributed by atoms with E-state index in [-0.39, 0.29) is 22.7 Å². The smallest absolute Gasteiger partial charge is 0.264 e. The first-order valence-electron chi connectivity index (χ1n) is 19.5. The van der Waals surface area contributed by atoms with E-state index in [1.54, 1.807) is 6.07 Å². The molecule has 2 aromatic carbocycles. The fourth-order valence-electron chi connectivity index (χ4n) is 10.5. The summed E-state index contributed by atoms with van der Waals surface area (Å²) in [6, 6.07) is 12.1. The van der Waals surface area contributed by atoms with E-state index in [1.807, 2.05) is 32.2 Å². The van der Waals surface area contributed by atoms with Crippen LogP contribution in [0.3, 0.4) is 0 Å². The van der Waals surface area contributed by atoms with Gasteiger partial charge in [-0.25, -0.2) is 13.1 Å². The molecule has 1 spiro atoms. The highest BCUT2D eigenvalue weighted by molar-refractivity contribution is 7.90. The third-order valence-electron chi connectivity index (χ3n) is 13.3. The van der Waals surface area contributed by atoms with Crippen LogP contribution in [0.25, 0.3) is 0 Å². The second-order valence-corrected chi connectivity index (χ2v) is 18.9. The molecule has 1 amide bonds. The molecule has 3 fully saturated rings. The number of halogens is 1. The van der Waals surface area contributed by atoms with Crippen LogP contribution in [-0.4, -0.2) is 114 Å². The lowest BCUT2D eigenvalue weighted by molar-refractivity contribution is -0.140. The fraction of sp³-hybridized carbons (Fsp3) is 0.675. The number of hydrogen-bond donors (Lipinski definition) is 1. The molecule has 6 aliphatic rings. The van der Waals surface area contributed by atoms with Crippen molar-refractivity contribution in [3.63, 3.8) is 0 Å². The molecule has 4 heterocycles. The number of methoxy groups -OCH3 is 1. The molecule has 2 aliphatic carbocycles. The number of ether oxygens (including phenoxy) is 3. The standard InChI is InChI=1S/C40H55ClN4O6S/c1-28-5-3-14-40(49-2,26-43-15-16-44-17-18-50-23-33(44)22-43)35-10-7-31(35)21-45-25-39(13-4-6-29-19-32(41)9-11-34(29)39)27-51-37-12-8-30(20-36(37)45)38(46)42-52(47,48)24-28/h8-9,11-12,19-20,28,31,33,35H,3-7,10,13-18,21-27H2,1-2H3,(H,42,46)/t28-,31-,33-,35+,39?,40+/m0/s1. The Balaban J connectivity index is 1.16. The number of morpholine rings is 1. The average molecular weight is 755 g/mol. The molecule has 10 nitrogen and oxygen atoms in total. The molecular weight excluding hydrogens is 700 g/mol. The lowest BCUT2D eigenvalue weighted by Gasteiger charge is -2.54. The molecule has 12 heteroatoms. The number of nitrogens with one attached hydrogen (secondary N) is 1. The molecule has 2 saturated heterocycles. The van der Waals surface area contributed by atoms with Gasteiger partial charge in [0.1, 0.15) is 5.75 Å². The topological polar surface area (TPSA) is 101 Å². The van der Waals surface area contributed by atoms with Crippen molar-refractivity contribution in [3.8, 4) is 5.75 Å². The van der Waals surface area contributed by atoms with Gasteiger partial charge in [0.05, 0.1) is 36.9 Å². The number of fused-ring (bicyclic) bond motifs is 5. The van der Waals surface area contributed by atoms with Gasteiger partial charge in [-0.1, -0.05) is 31.0 Å². The minimum Gasteiger partial charge on any atom is -0.490 e. The van der Waals surface area contributed by atoms with E-state index >= 15 is 0 Å². The number of sulfonamides is 1. The first kappa shape index (κ1) is 36.6. The maximum absolute atomic E-state index is 13.5. The summed E-state index contributed by atoms with van der Waals surface area (Å²) in [6.45, 7) is 10.5. The van der Waals surface area contributed by atoms with E-state index in [9.17, 15) is 13.2 Å². The third kappa shape index (κ3) is 7.22. The van der Waals surface area contributed by atoms with Crippen molar-refractivity contribution in [2.24, 2.45) is 17.8 Å². The summed E-state index contributed by atoms with van der Waals surface area (Å²) in [7, 11) is -1.95. The van der Waals surface area contributed by atoms with Crippen LogP contribution in [0.4, 0.5) is 5.69 Å². The largest absolute Gasteiger partial charge is 0.490 e. The number of rotatable bonds is 3. The molecule has 6 atom stereocenters. The number of carbonyl (C=O) groups excluding carboxylic acids is 1. The van der Waals surface area contributed by atoms with Crippen LogP contribution in [0.15, 0.2) is 36.4 Å². The van der Waals surface area contributed by atoms with Crippen LogP contribution in [0.2, 0.25) is 5.02 Å². The highest BCUT2D eigenvalue weighted by Gasteiger charge is 2.51. The fourth-order valence-corrected chi connectivity index (χ4v) is 12.1. The van der Waals surface area contributed by atoms with E-state index in [2.05, 4.69) is 31.6 Å². The molecule has 0 radical (unpaired) electrons. The Hall–Kier alpha value is -2.41. The lowest BCUT2D eigenvalue weighted by Crippen LogP contribution is -2.63. The van der Waals surface area contributed by atoms with E-state index in [4.69, 9.17) is 25.8 Å². The summed E-state index contributed by atoms with van der Waals surface area (Å²) in [5, 5.41) is 0.754. The number of anilines is 1. The van der Waals surface area contributed by atoms with Gasteiger partial charge in [-0.15, -0.1) is 0 Å². The second-order valence-electron chi connectivity index (χ2n) is 16.7. The van der Waals surface area contributed by atoms with Crippen molar-refractivity contribution in [1.29, 1.82) is 0 Å². The molecule has 1 saturated carbocycles. The summed E-state index contributed by atoms with van der Waals surface area (Å²) < 4.78 is 48.4. The van der Waals surface area contributed by atoms with Crippen LogP contribution < -0.4 is 14.4 Å². The zero-order valence-electron chi connectivity index (χ0n) is 30.8. The number of hydrogen-bond acceptors (Lipinski definition) is 9. The van der Waals surface area contributed by atoms with Crippen molar-refractivity contribution in [2.75, 3.05) is 83.4 Å². The van der Waals surface area contributed by atoms with Gasteiger partial charge < -0.3 is 19.1 Å². The number of piperazine rings is 1. The Morgan fingerprint density at radius 3 is 2.75 bits per heavy atom. The predicted octanol–water partition coefficient (Wildman–Crippen LogP) is 5.12. The molecule has 52 heavy (non-hydrogen) atoms. The van der Waals surface area contributed by atoms with Gasteiger partial charge in [-0.2, -0.15) is 0 Å². The second kappa shape index (κ2) is 14.7. The van der Waals surface area contributed by atoms with E-state index < -0.39 is 15.9 Å². The summed E-state index contributed by atoms with van der Waals surface area (Å²) in [5.41, 5.74) is 3.15. The van der Waals surface area contributed by atoms with Crippen molar-refractivity contribution in [3.05, 3.63) is 58.1 Å². The normalized spacial score (nSPS) is 34.1. The van der Waals surface area contributed by atoms with E-state index in [0.717, 1.165) is 127 Å². The van der Waals surface area contributed by atoms with E-state index in [1.165, 1.54) is 11.1 Å². The van der Waals surface area contributed by atoms with Crippen LogP contribution >= 0.6 is 11.6 Å². The van der Waals surface area contributed by atoms with Gasteiger partial charge >= 0.3 is 0 Å². The third-order valence-corrected chi connectivity index (χ3v) is 15.1. The van der Waals surface area contributed by atoms with Gasteiger partial charge in [-0.3, -0.25) is 14.6 Å². The molecule has 1 N–H and O–H groups in total. The Labute approximate surface area is 314 Å². The Morgan fingerprint density at radius 1 is 1.04 bits per heavy atom. The zero-order valence-corrected chi connectivity index (χ0v) is 32.4. The van der Waals surface area contributed by atoms with Crippen LogP contribution in [0.1, 0.15) is 73.4 Å². The predicted molar refractivity (Wildman–Crippen MR) is 203 cm³/mol. The molecular formula is C40H55ClN4O6S. The van der Waals surface area contributed by atoms with Crippen LogP contribution in [0, 0.1) is 17.8 Å². The average Bonchev–Trinajstić information content (AvgIpc) is 3.25. The summed E-state index contributed by atoms with van der Waals surface area (Å²) in [6.07, 6.45) is 7.70. The number of amides is 1. The minimum absolute atomic E-state index is 0.0967. The molecule has 0 aromatic heterocycles. The quantitative estimate of drug-likeness (QED) is 0.458. The van der Waals surface area contributed by atoms with Gasteiger partial charge in [0, 0.05) is 75.0 Å². The highest BCUT2D eigenvalue weighted by atomic mass is 35.5. The Morgan fingerprint density at radius 2 is 1.92 bits per heavy atom. The summed E-state index contributed by atoms with van der Waals surface area (Å²) in [5.74, 6) is 0.667. The Kier molecular flexibility index (Phi) is 10.3. The lowest BCUT2D eigenvalue weighted by atomic mass is 9.62. The number of carbonyl (C=O) groups is 1. The van der Waals surface area contributed by atoms with Gasteiger partial charge in [-0.05, 0) is 104 Å². The molecule has 284 valence electrons. The van der Waals surface area contributed by atoms with E-state index in [0.29, 0.717) is 30.0 Å². The molecule has 2 bridgehead atoms. The number of nitrogens with zero attached hydrogens (tertiary/aromatic N) is 3. The summed E-state index contributed by atoms with van der Waals surface area (Å²) >= 11 is 6.50. The van der Waals surface area contributed by atoms with Crippen molar-refractivity contribution in [1.82, 2.24) is 14.5 Å². The number of aryl methyl sites for hydroxylation is 1. The van der Waals surface area contributed by atoms with Crippen LogP contribution in [0.5, 0.6) is 5.75 Å². The van der Waals surface area contributed by atoms with Crippen molar-refractivity contribution >= 4 is 33.2 Å². The molecule has 4 aliphatic heterocycles. The monoisotopic (exact) mass is 754 g/mol. The highest BCUT2D eigenvalue weighted by Crippen LogP contribution is 2.50. The SMILES string of the molecule is CO[C@@]1(CN2CCN3CCOC[C@@H]3C2)CCC[C@H](C)CS(=O)(=O)NC(=O)c2ccc3c(c2)N(C[C@@H]2CC[C@H]21)CC1(CCCc2cc(Cl)ccc21)CO3. The molecule has 8 rings (SSSR count). The van der Waals surface area contributed by atoms with Gasteiger partial charge in [0.15, 0.2) is 0 Å². The first-order chi connectivity index (χ1) is 25.1. The number of benzene rings is 2. The maximum atomic E-state index is 13.5. The van der Waals surface area contributed by atoms with Crippen LogP contribution in [-0.2, 0) is 31.3 Å². The minimum atomic E-state index is -3.85.